The van der Waals surface area contributed by atoms with E-state index in [0.29, 0.717) is 5.69 Å². The number of likely N-dealkylation sites (tertiary alicyclic amines) is 1. The number of hydrogen-bond acceptors (Lipinski definition) is 9. The zero-order valence-corrected chi connectivity index (χ0v) is 25.6. The normalized spacial score (nSPS) is 19.9. The largest absolute Gasteiger partial charge is 0.384 e. The molecule has 14 heteroatoms. The second-order valence-corrected chi connectivity index (χ2v) is 12.2. The molecule has 1 saturated carbocycles. The predicted molar refractivity (Wildman–Crippen MR) is 160 cm³/mol. The number of aliphatic hydroxyl groups is 1. The van der Waals surface area contributed by atoms with E-state index in [1.54, 1.807) is 26.0 Å². The molecule has 1 saturated heterocycles. The summed E-state index contributed by atoms with van der Waals surface area (Å²) in [5.74, 6) is -4.23. The van der Waals surface area contributed by atoms with E-state index in [0.717, 1.165) is 32.1 Å². The van der Waals surface area contributed by atoms with Crippen molar-refractivity contribution in [2.75, 3.05) is 6.54 Å². The van der Waals surface area contributed by atoms with Gasteiger partial charge in [-0.15, -0.1) is 5.10 Å². The molecule has 2 aliphatic rings. The van der Waals surface area contributed by atoms with Crippen molar-refractivity contribution in [3.05, 3.63) is 47.3 Å². The van der Waals surface area contributed by atoms with Gasteiger partial charge in [-0.05, 0) is 45.2 Å². The van der Waals surface area contributed by atoms with Crippen LogP contribution in [0.1, 0.15) is 93.4 Å². The lowest BCUT2D eigenvalue weighted by molar-refractivity contribution is -0.139. The standard InChI is InChI=1S/C31H38N8O6/c1-18(26(40)27(33)41)35-29(43)24-14-21(39-25(16-34-37-39)31(2,3)45)17-38(24)30(44)23(13-19-9-5-4-6-10-19)36-28(42)22-12-8-7-11-20(22)15-32/h7-8,11-12,16,18-19,21,24,45H,4-6,9-10,13-14,17H2,1-3H3,(H2,33,41)(H,35,43)/t18?,21-,24-/m0/s1. The first-order valence-electron chi connectivity index (χ1n) is 15.0. The van der Waals surface area contributed by atoms with Crippen LogP contribution in [0.2, 0.25) is 0 Å². The summed E-state index contributed by atoms with van der Waals surface area (Å²) in [6.07, 6.45) is 6.36. The van der Waals surface area contributed by atoms with Crippen LogP contribution in [-0.4, -0.2) is 78.8 Å². The maximum atomic E-state index is 14.3. The minimum absolute atomic E-state index is 0.0312. The lowest BCUT2D eigenvalue weighted by atomic mass is 9.85. The van der Waals surface area contributed by atoms with E-state index < -0.39 is 53.1 Å². The van der Waals surface area contributed by atoms with Crippen LogP contribution in [0.25, 0.3) is 0 Å². The van der Waals surface area contributed by atoms with Gasteiger partial charge in [0.05, 0.1) is 41.2 Å². The zero-order valence-electron chi connectivity index (χ0n) is 25.6. The van der Waals surface area contributed by atoms with E-state index in [4.69, 9.17) is 5.73 Å². The number of carbonyl (C=O) groups is 5. The minimum atomic E-state index is -1.34. The Kier molecular flexibility index (Phi) is 10.2. The fourth-order valence-electron chi connectivity index (χ4n) is 5.97. The Morgan fingerprint density at radius 1 is 1.18 bits per heavy atom. The van der Waals surface area contributed by atoms with E-state index in [-0.39, 0.29) is 42.1 Å². The van der Waals surface area contributed by atoms with Crippen LogP contribution in [0, 0.1) is 17.2 Å². The molecular weight excluding hydrogens is 580 g/mol. The van der Waals surface area contributed by atoms with Crippen molar-refractivity contribution >= 4 is 35.1 Å². The average Bonchev–Trinajstić information content (AvgIpc) is 3.68. The first-order chi connectivity index (χ1) is 21.3. The third kappa shape index (κ3) is 7.66. The van der Waals surface area contributed by atoms with Crippen molar-refractivity contribution in [1.82, 2.24) is 25.2 Å². The molecule has 45 heavy (non-hydrogen) atoms. The highest BCUT2D eigenvalue weighted by atomic mass is 16.3. The molecule has 1 aromatic carbocycles. The molecule has 238 valence electrons. The Bertz CT molecular complexity index is 1550. The monoisotopic (exact) mass is 618 g/mol. The van der Waals surface area contributed by atoms with Gasteiger partial charge < -0.3 is 21.1 Å². The van der Waals surface area contributed by atoms with Crippen molar-refractivity contribution in [1.29, 1.82) is 5.26 Å². The number of nitrogens with one attached hydrogen (secondary N) is 1. The van der Waals surface area contributed by atoms with Gasteiger partial charge >= 0.3 is 0 Å². The van der Waals surface area contributed by atoms with Crippen molar-refractivity contribution in [3.63, 3.8) is 0 Å². The molecule has 1 aliphatic heterocycles. The summed E-state index contributed by atoms with van der Waals surface area (Å²) < 4.78 is 1.46. The summed E-state index contributed by atoms with van der Waals surface area (Å²) in [5.41, 5.74) is 4.27. The number of nitrogens with zero attached hydrogens (tertiary/aromatic N) is 6. The van der Waals surface area contributed by atoms with Gasteiger partial charge in [0.2, 0.25) is 11.7 Å². The molecule has 4 amide bonds. The average molecular weight is 619 g/mol. The molecule has 0 radical (unpaired) electrons. The number of amides is 4. The molecule has 2 heterocycles. The number of benzene rings is 1. The van der Waals surface area contributed by atoms with E-state index >= 15 is 0 Å². The first kappa shape index (κ1) is 33.1. The molecule has 2 aromatic rings. The second-order valence-electron chi connectivity index (χ2n) is 12.2. The maximum Gasteiger partial charge on any atom is 0.287 e. The number of nitriles is 1. The Morgan fingerprint density at radius 2 is 1.87 bits per heavy atom. The SMILES string of the molecule is CC(NC(=O)[C@@H]1C[C@H](n2nncc2C(C)(C)O)CN1C(=O)C(CC1CCCCC1)=NC(=O)c1ccccc1C#N)C(=O)C(N)=O. The number of rotatable bonds is 10. The Balaban J connectivity index is 1.73. The van der Waals surface area contributed by atoms with Gasteiger partial charge in [0.25, 0.3) is 17.7 Å². The van der Waals surface area contributed by atoms with Crippen LogP contribution in [0.5, 0.6) is 0 Å². The molecule has 0 spiro atoms. The highest BCUT2D eigenvalue weighted by Crippen LogP contribution is 2.33. The second kappa shape index (κ2) is 13.9. The molecule has 1 aliphatic carbocycles. The van der Waals surface area contributed by atoms with Crippen molar-refractivity contribution < 1.29 is 29.1 Å². The smallest absolute Gasteiger partial charge is 0.287 e. The van der Waals surface area contributed by atoms with Crippen LogP contribution in [0.3, 0.4) is 0 Å². The lowest BCUT2D eigenvalue weighted by Gasteiger charge is -2.27. The number of ketones is 1. The summed E-state index contributed by atoms with van der Waals surface area (Å²) >= 11 is 0. The molecule has 14 nitrogen and oxygen atoms in total. The molecular formula is C31H38N8O6. The third-order valence-corrected chi connectivity index (χ3v) is 8.35. The van der Waals surface area contributed by atoms with Crippen molar-refractivity contribution in [2.24, 2.45) is 16.6 Å². The lowest BCUT2D eigenvalue weighted by Crippen LogP contribution is -2.52. The number of hydrogen-bond donors (Lipinski definition) is 3. The maximum absolute atomic E-state index is 14.3. The molecule has 3 atom stereocenters. The summed E-state index contributed by atoms with van der Waals surface area (Å²) in [4.78, 5) is 70.4. The quantitative estimate of drug-likeness (QED) is 0.258. The van der Waals surface area contributed by atoms with Gasteiger partial charge in [0, 0.05) is 13.0 Å². The van der Waals surface area contributed by atoms with Crippen LogP contribution in [0.4, 0.5) is 0 Å². The van der Waals surface area contributed by atoms with Crippen LogP contribution in [0.15, 0.2) is 35.5 Å². The Morgan fingerprint density at radius 3 is 2.51 bits per heavy atom. The van der Waals surface area contributed by atoms with Gasteiger partial charge in [0.1, 0.15) is 17.4 Å². The van der Waals surface area contributed by atoms with Gasteiger partial charge in [0.15, 0.2) is 0 Å². The number of aliphatic imine (C=N–C) groups is 1. The highest BCUT2D eigenvalue weighted by molar-refractivity contribution is 6.41. The van der Waals surface area contributed by atoms with Gasteiger partial charge in [-0.2, -0.15) is 5.26 Å². The number of Topliss-reactive ketones (excluding diaryl/α,β-unsaturated/α-hetero) is 1. The van der Waals surface area contributed by atoms with Crippen LogP contribution < -0.4 is 11.1 Å². The summed E-state index contributed by atoms with van der Waals surface area (Å²) in [6.45, 7) is 4.38. The van der Waals surface area contributed by atoms with Crippen LogP contribution in [-0.2, 0) is 24.8 Å². The fraction of sp³-hybridized carbons (Fsp3) is 0.516. The topological polar surface area (TPSA) is 214 Å². The van der Waals surface area contributed by atoms with Gasteiger partial charge in [-0.3, -0.25) is 24.0 Å². The van der Waals surface area contributed by atoms with Crippen LogP contribution >= 0.6 is 0 Å². The first-order valence-corrected chi connectivity index (χ1v) is 15.0. The number of primary amides is 1. The van der Waals surface area contributed by atoms with Gasteiger partial charge in [-0.25, -0.2) is 9.67 Å². The minimum Gasteiger partial charge on any atom is -0.384 e. The van der Waals surface area contributed by atoms with E-state index in [2.05, 4.69) is 20.6 Å². The molecule has 4 rings (SSSR count). The Labute approximate surface area is 260 Å². The molecule has 1 aromatic heterocycles. The summed E-state index contributed by atoms with van der Waals surface area (Å²) in [5, 5.41) is 30.8. The number of nitrogens with two attached hydrogens (primary N) is 1. The summed E-state index contributed by atoms with van der Waals surface area (Å²) in [6, 6.07) is 5.15. The van der Waals surface area contributed by atoms with E-state index in [1.165, 1.54) is 34.8 Å². The third-order valence-electron chi connectivity index (χ3n) is 8.35. The zero-order chi connectivity index (χ0) is 32.9. The number of carbonyl (C=O) groups excluding carboxylic acids is 5. The highest BCUT2D eigenvalue weighted by Gasteiger charge is 2.44. The number of aromatic nitrogens is 3. The predicted octanol–water partition coefficient (Wildman–Crippen LogP) is 1.33. The molecule has 1 unspecified atom stereocenters. The van der Waals surface area contributed by atoms with Gasteiger partial charge in [-0.1, -0.05) is 49.5 Å². The Hall–Kier alpha value is -4.77. The molecule has 4 N–H and O–H groups in total. The fourth-order valence-corrected chi connectivity index (χ4v) is 5.97. The van der Waals surface area contributed by atoms with E-state index in [1.807, 2.05) is 6.07 Å². The van der Waals surface area contributed by atoms with Crippen molar-refractivity contribution in [2.45, 2.75) is 89.4 Å². The van der Waals surface area contributed by atoms with E-state index in [9.17, 15) is 34.3 Å². The molecule has 0 bridgehead atoms. The van der Waals surface area contributed by atoms with Crippen molar-refractivity contribution in [3.8, 4) is 6.07 Å². The summed E-state index contributed by atoms with van der Waals surface area (Å²) in [7, 11) is 0. The molecule has 2 fully saturated rings.